The lowest BCUT2D eigenvalue weighted by Crippen LogP contribution is -2.31. The standard InChI is InChI=1S/C19H25N3O/c1-5-21(6-2)18-12-16(13-20-14-18)19(23)22(7-3)17-10-8-9-15(4)11-17/h8-14H,5-7H2,1-4H3. The molecule has 0 aliphatic carbocycles. The van der Waals surface area contributed by atoms with Gasteiger partial charge in [0.15, 0.2) is 0 Å². The first-order valence-corrected chi connectivity index (χ1v) is 8.19. The van der Waals surface area contributed by atoms with E-state index in [-0.39, 0.29) is 5.91 Å². The highest BCUT2D eigenvalue weighted by atomic mass is 16.2. The van der Waals surface area contributed by atoms with Gasteiger partial charge in [-0.25, -0.2) is 0 Å². The van der Waals surface area contributed by atoms with E-state index in [1.165, 1.54) is 0 Å². The molecule has 2 rings (SSSR count). The first-order chi connectivity index (χ1) is 11.1. The summed E-state index contributed by atoms with van der Waals surface area (Å²) in [4.78, 5) is 21.1. The molecule has 0 aliphatic rings. The molecule has 0 unspecified atom stereocenters. The highest BCUT2D eigenvalue weighted by Gasteiger charge is 2.17. The lowest BCUT2D eigenvalue weighted by Gasteiger charge is -2.24. The highest BCUT2D eigenvalue weighted by Crippen LogP contribution is 2.20. The molecule has 0 N–H and O–H groups in total. The molecule has 2 aromatic rings. The molecule has 0 saturated heterocycles. The van der Waals surface area contributed by atoms with Gasteiger partial charge in [0, 0.05) is 31.5 Å². The summed E-state index contributed by atoms with van der Waals surface area (Å²) < 4.78 is 0. The number of amides is 1. The van der Waals surface area contributed by atoms with Crippen LogP contribution >= 0.6 is 0 Å². The van der Waals surface area contributed by atoms with Crippen molar-refractivity contribution in [3.8, 4) is 0 Å². The van der Waals surface area contributed by atoms with Gasteiger partial charge in [-0.15, -0.1) is 0 Å². The normalized spacial score (nSPS) is 10.4. The van der Waals surface area contributed by atoms with E-state index in [1.54, 1.807) is 11.1 Å². The van der Waals surface area contributed by atoms with E-state index in [1.807, 2.05) is 50.4 Å². The molecular weight excluding hydrogens is 286 g/mol. The van der Waals surface area contributed by atoms with Crippen molar-refractivity contribution >= 4 is 17.3 Å². The zero-order valence-corrected chi connectivity index (χ0v) is 14.4. The van der Waals surface area contributed by atoms with Crippen LogP contribution in [0.3, 0.4) is 0 Å². The minimum absolute atomic E-state index is 0.0143. The molecule has 0 radical (unpaired) electrons. The van der Waals surface area contributed by atoms with Crippen molar-refractivity contribution in [3.05, 3.63) is 53.9 Å². The lowest BCUT2D eigenvalue weighted by molar-refractivity contribution is 0.0988. The van der Waals surface area contributed by atoms with Crippen LogP contribution in [0.4, 0.5) is 11.4 Å². The van der Waals surface area contributed by atoms with Gasteiger partial charge in [0.1, 0.15) is 0 Å². The molecule has 4 heteroatoms. The molecule has 0 spiro atoms. The first-order valence-electron chi connectivity index (χ1n) is 8.19. The number of aromatic nitrogens is 1. The quantitative estimate of drug-likeness (QED) is 0.811. The number of hydrogen-bond acceptors (Lipinski definition) is 3. The zero-order valence-electron chi connectivity index (χ0n) is 14.4. The monoisotopic (exact) mass is 311 g/mol. The molecule has 4 nitrogen and oxygen atoms in total. The second-order valence-corrected chi connectivity index (χ2v) is 5.49. The molecule has 0 fully saturated rings. The van der Waals surface area contributed by atoms with E-state index < -0.39 is 0 Å². The van der Waals surface area contributed by atoms with Crippen LogP contribution in [0.15, 0.2) is 42.7 Å². The number of benzene rings is 1. The minimum atomic E-state index is -0.0143. The van der Waals surface area contributed by atoms with Crippen LogP contribution in [0.25, 0.3) is 0 Å². The molecule has 122 valence electrons. The molecule has 0 atom stereocenters. The van der Waals surface area contributed by atoms with E-state index in [0.29, 0.717) is 12.1 Å². The molecule has 1 aromatic heterocycles. The molecule has 1 heterocycles. The van der Waals surface area contributed by atoms with Crippen LogP contribution < -0.4 is 9.80 Å². The van der Waals surface area contributed by atoms with Gasteiger partial charge in [-0.3, -0.25) is 9.78 Å². The van der Waals surface area contributed by atoms with E-state index in [4.69, 9.17) is 0 Å². The maximum absolute atomic E-state index is 12.9. The lowest BCUT2D eigenvalue weighted by atomic mass is 10.1. The van der Waals surface area contributed by atoms with Crippen LogP contribution in [0.2, 0.25) is 0 Å². The molecule has 0 saturated carbocycles. The number of carbonyl (C=O) groups is 1. The Kier molecular flexibility index (Phi) is 5.74. The molecule has 0 aliphatic heterocycles. The van der Waals surface area contributed by atoms with Gasteiger partial charge < -0.3 is 9.80 Å². The number of carbonyl (C=O) groups excluding carboxylic acids is 1. The highest BCUT2D eigenvalue weighted by molar-refractivity contribution is 6.06. The molecule has 0 bridgehead atoms. The third-order valence-electron chi connectivity index (χ3n) is 3.97. The third-order valence-corrected chi connectivity index (χ3v) is 3.97. The number of hydrogen-bond donors (Lipinski definition) is 0. The summed E-state index contributed by atoms with van der Waals surface area (Å²) in [6, 6.07) is 9.94. The Balaban J connectivity index is 2.33. The van der Waals surface area contributed by atoms with Gasteiger partial charge >= 0.3 is 0 Å². The minimum Gasteiger partial charge on any atom is -0.371 e. The van der Waals surface area contributed by atoms with Crippen molar-refractivity contribution in [1.29, 1.82) is 0 Å². The number of nitrogens with zero attached hydrogens (tertiary/aromatic N) is 3. The summed E-state index contributed by atoms with van der Waals surface area (Å²) in [6.45, 7) is 10.6. The van der Waals surface area contributed by atoms with Crippen molar-refractivity contribution in [2.75, 3.05) is 29.4 Å². The Morgan fingerprint density at radius 1 is 1.00 bits per heavy atom. The van der Waals surface area contributed by atoms with Crippen LogP contribution in [-0.4, -0.2) is 30.5 Å². The second kappa shape index (κ2) is 7.77. The zero-order chi connectivity index (χ0) is 16.8. The average Bonchev–Trinajstić information content (AvgIpc) is 2.57. The fourth-order valence-electron chi connectivity index (χ4n) is 2.70. The number of rotatable bonds is 6. The van der Waals surface area contributed by atoms with Gasteiger partial charge in [0.25, 0.3) is 5.91 Å². The third kappa shape index (κ3) is 3.89. The number of anilines is 2. The predicted octanol–water partition coefficient (Wildman–Crippen LogP) is 3.90. The summed E-state index contributed by atoms with van der Waals surface area (Å²) in [7, 11) is 0. The maximum Gasteiger partial charge on any atom is 0.259 e. The second-order valence-electron chi connectivity index (χ2n) is 5.49. The Hall–Kier alpha value is -2.36. The van der Waals surface area contributed by atoms with E-state index >= 15 is 0 Å². The fourth-order valence-corrected chi connectivity index (χ4v) is 2.70. The van der Waals surface area contributed by atoms with Crippen LogP contribution in [-0.2, 0) is 0 Å². The van der Waals surface area contributed by atoms with Crippen LogP contribution in [0.5, 0.6) is 0 Å². The van der Waals surface area contributed by atoms with Crippen molar-refractivity contribution in [2.45, 2.75) is 27.7 Å². The Labute approximate surface area is 138 Å². The van der Waals surface area contributed by atoms with Gasteiger partial charge in [0.2, 0.25) is 0 Å². The summed E-state index contributed by atoms with van der Waals surface area (Å²) in [6.07, 6.45) is 3.46. The Bertz CT molecular complexity index is 665. The summed E-state index contributed by atoms with van der Waals surface area (Å²) >= 11 is 0. The summed E-state index contributed by atoms with van der Waals surface area (Å²) in [5, 5.41) is 0. The van der Waals surface area contributed by atoms with Gasteiger partial charge in [-0.2, -0.15) is 0 Å². The van der Waals surface area contributed by atoms with Crippen LogP contribution in [0, 0.1) is 6.92 Å². The summed E-state index contributed by atoms with van der Waals surface area (Å²) in [5.41, 5.74) is 3.67. The van der Waals surface area contributed by atoms with Crippen molar-refractivity contribution in [3.63, 3.8) is 0 Å². The van der Waals surface area contributed by atoms with Gasteiger partial charge in [-0.05, 0) is 51.5 Å². The smallest absolute Gasteiger partial charge is 0.259 e. The van der Waals surface area contributed by atoms with Crippen molar-refractivity contribution in [1.82, 2.24) is 4.98 Å². The largest absolute Gasteiger partial charge is 0.371 e. The predicted molar refractivity (Wildman–Crippen MR) is 96.3 cm³/mol. The molecular formula is C19H25N3O. The molecule has 23 heavy (non-hydrogen) atoms. The summed E-state index contributed by atoms with van der Waals surface area (Å²) in [5.74, 6) is -0.0143. The average molecular weight is 311 g/mol. The Morgan fingerprint density at radius 3 is 2.35 bits per heavy atom. The van der Waals surface area contributed by atoms with E-state index in [9.17, 15) is 4.79 Å². The molecule has 1 aromatic carbocycles. The fraction of sp³-hybridized carbons (Fsp3) is 0.368. The van der Waals surface area contributed by atoms with Gasteiger partial charge in [-0.1, -0.05) is 12.1 Å². The topological polar surface area (TPSA) is 36.4 Å². The van der Waals surface area contributed by atoms with Gasteiger partial charge in [0.05, 0.1) is 17.4 Å². The van der Waals surface area contributed by atoms with Crippen LogP contribution in [0.1, 0.15) is 36.7 Å². The van der Waals surface area contributed by atoms with E-state index in [0.717, 1.165) is 30.0 Å². The number of pyridine rings is 1. The van der Waals surface area contributed by atoms with Crippen molar-refractivity contribution in [2.24, 2.45) is 0 Å². The van der Waals surface area contributed by atoms with Crippen molar-refractivity contribution < 1.29 is 4.79 Å². The number of aryl methyl sites for hydroxylation is 1. The van der Waals surface area contributed by atoms with E-state index in [2.05, 4.69) is 23.7 Å². The first kappa shape index (κ1) is 17.0. The maximum atomic E-state index is 12.9. The Morgan fingerprint density at radius 2 is 1.74 bits per heavy atom. The molecule has 1 amide bonds. The SMILES string of the molecule is CCN(CC)c1cncc(C(=O)N(CC)c2cccc(C)c2)c1.